The fourth-order valence-corrected chi connectivity index (χ4v) is 5.62. The van der Waals surface area contributed by atoms with Crippen LogP contribution in [0.5, 0.6) is 0 Å². The van der Waals surface area contributed by atoms with Gasteiger partial charge in [0.25, 0.3) is 0 Å². The number of ketones is 1. The van der Waals surface area contributed by atoms with Crippen molar-refractivity contribution in [1.82, 2.24) is 14.8 Å². The minimum Gasteiger partial charge on any atom is -0.312 e. The zero-order chi connectivity index (χ0) is 22.0. The van der Waals surface area contributed by atoms with E-state index in [1.54, 1.807) is 11.8 Å². The van der Waals surface area contributed by atoms with Gasteiger partial charge in [0, 0.05) is 37.2 Å². The van der Waals surface area contributed by atoms with E-state index in [1.165, 1.54) is 31.0 Å². The van der Waals surface area contributed by atoms with Gasteiger partial charge in [0.05, 0.1) is 5.25 Å². The van der Waals surface area contributed by atoms with Crippen molar-refractivity contribution in [3.8, 4) is 0 Å². The molecule has 0 radical (unpaired) electrons. The first-order valence-corrected chi connectivity index (χ1v) is 12.0. The molecule has 31 heavy (non-hydrogen) atoms. The number of nitrogens with zero attached hydrogens (tertiary/aromatic N) is 4. The summed E-state index contributed by atoms with van der Waals surface area (Å²) in [7, 11) is 0. The van der Waals surface area contributed by atoms with Crippen molar-refractivity contribution in [1.29, 1.82) is 0 Å². The van der Waals surface area contributed by atoms with Crippen LogP contribution >= 0.6 is 11.8 Å². The van der Waals surface area contributed by atoms with E-state index in [0.29, 0.717) is 24.6 Å². The van der Waals surface area contributed by atoms with Crippen LogP contribution in [0.15, 0.2) is 36.0 Å². The second-order valence-electron chi connectivity index (χ2n) is 8.46. The molecule has 7 heteroatoms. The fraction of sp³-hybridized carbons (Fsp3) is 0.500. The number of amides is 1. The molecule has 1 aliphatic heterocycles. The highest BCUT2D eigenvalue weighted by atomic mass is 32.2. The molecule has 2 aliphatic rings. The third-order valence-corrected chi connectivity index (χ3v) is 7.40. The molecule has 164 valence electrons. The van der Waals surface area contributed by atoms with Crippen molar-refractivity contribution in [2.24, 2.45) is 0 Å². The fourth-order valence-electron chi connectivity index (χ4n) is 4.68. The Morgan fingerprint density at radius 3 is 2.74 bits per heavy atom. The van der Waals surface area contributed by atoms with Gasteiger partial charge in [-0.15, -0.1) is 16.8 Å². The van der Waals surface area contributed by atoms with E-state index >= 15 is 0 Å². The molecular weight excluding hydrogens is 408 g/mol. The zero-order valence-electron chi connectivity index (χ0n) is 18.3. The second-order valence-corrected chi connectivity index (χ2v) is 9.77. The smallest absolute Gasteiger partial charge is 0.223 e. The van der Waals surface area contributed by atoms with Gasteiger partial charge in [-0.1, -0.05) is 37.1 Å². The molecule has 4 rings (SSSR count). The van der Waals surface area contributed by atoms with Gasteiger partial charge in [-0.3, -0.25) is 9.59 Å². The highest BCUT2D eigenvalue weighted by Crippen LogP contribution is 2.35. The molecule has 1 unspecified atom stereocenters. The van der Waals surface area contributed by atoms with Gasteiger partial charge in [0.15, 0.2) is 10.9 Å². The molecule has 1 atom stereocenters. The number of carbonyl (C=O) groups excluding carboxylic acids is 2. The van der Waals surface area contributed by atoms with Crippen LogP contribution in [0, 0.1) is 0 Å². The van der Waals surface area contributed by atoms with Gasteiger partial charge in [0.1, 0.15) is 5.82 Å². The first-order valence-electron chi connectivity index (χ1n) is 11.2. The van der Waals surface area contributed by atoms with Gasteiger partial charge < -0.3 is 9.47 Å². The summed E-state index contributed by atoms with van der Waals surface area (Å²) in [6.07, 6.45) is 8.74. The summed E-state index contributed by atoms with van der Waals surface area (Å²) in [5.41, 5.74) is 2.67. The lowest BCUT2D eigenvalue weighted by Gasteiger charge is -2.21. The normalized spacial score (nSPS) is 17.4. The first kappa shape index (κ1) is 21.8. The Bertz CT molecular complexity index is 993. The molecule has 1 amide bonds. The SMILES string of the molecule is C=CCn1c(SC(C)C(=O)c2ccc3c(c2)CCN3C(C)=O)nnc1C1CCCCC1. The Labute approximate surface area is 188 Å². The minimum absolute atomic E-state index is 0.0390. The van der Waals surface area contributed by atoms with Crippen molar-refractivity contribution in [2.45, 2.75) is 75.2 Å². The number of Topliss-reactive ketones (excluding diaryl/α,β-unsaturated/α-hetero) is 1. The molecule has 0 spiro atoms. The first-order chi connectivity index (χ1) is 15.0. The van der Waals surface area contributed by atoms with Gasteiger partial charge in [-0.25, -0.2) is 0 Å². The number of anilines is 1. The summed E-state index contributed by atoms with van der Waals surface area (Å²) in [4.78, 5) is 26.7. The number of hydrogen-bond donors (Lipinski definition) is 0. The van der Waals surface area contributed by atoms with E-state index < -0.39 is 0 Å². The molecule has 1 aliphatic carbocycles. The number of hydrogen-bond acceptors (Lipinski definition) is 5. The van der Waals surface area contributed by atoms with E-state index in [1.807, 2.05) is 31.2 Å². The average Bonchev–Trinajstić information content (AvgIpc) is 3.38. The number of thioether (sulfide) groups is 1. The lowest BCUT2D eigenvalue weighted by Crippen LogP contribution is -2.25. The summed E-state index contributed by atoms with van der Waals surface area (Å²) >= 11 is 1.46. The van der Waals surface area contributed by atoms with Crippen molar-refractivity contribution >= 4 is 29.1 Å². The predicted octanol–water partition coefficient (Wildman–Crippen LogP) is 4.78. The van der Waals surface area contributed by atoms with Crippen molar-refractivity contribution in [3.05, 3.63) is 47.8 Å². The van der Waals surface area contributed by atoms with Gasteiger partial charge >= 0.3 is 0 Å². The van der Waals surface area contributed by atoms with Crippen LogP contribution in [-0.4, -0.2) is 38.2 Å². The number of carbonyl (C=O) groups is 2. The predicted molar refractivity (Wildman–Crippen MR) is 124 cm³/mol. The van der Waals surface area contributed by atoms with Crippen LogP contribution in [0.3, 0.4) is 0 Å². The third kappa shape index (κ3) is 4.47. The second kappa shape index (κ2) is 9.39. The molecule has 6 nitrogen and oxygen atoms in total. The van der Waals surface area contributed by atoms with Gasteiger partial charge in [0.2, 0.25) is 5.91 Å². The average molecular weight is 439 g/mol. The summed E-state index contributed by atoms with van der Waals surface area (Å²) in [6.45, 7) is 8.74. The van der Waals surface area contributed by atoms with Crippen LogP contribution in [0.25, 0.3) is 0 Å². The summed E-state index contributed by atoms with van der Waals surface area (Å²) < 4.78 is 2.13. The molecule has 0 N–H and O–H groups in total. The number of rotatable bonds is 7. The minimum atomic E-state index is -0.282. The summed E-state index contributed by atoms with van der Waals surface area (Å²) in [5.74, 6) is 1.59. The zero-order valence-corrected chi connectivity index (χ0v) is 19.2. The highest BCUT2D eigenvalue weighted by Gasteiger charge is 2.27. The summed E-state index contributed by atoms with van der Waals surface area (Å²) in [5, 5.41) is 9.46. The van der Waals surface area contributed by atoms with Crippen LogP contribution in [0.4, 0.5) is 5.69 Å². The number of benzene rings is 1. The standard InChI is InChI=1S/C24H30N4O2S/c1-4-13-28-23(18-8-6-5-7-9-18)25-26-24(28)31-16(2)22(30)20-10-11-21-19(15-20)12-14-27(21)17(3)29/h4,10-11,15-16,18H,1,5-9,12-14H2,2-3H3. The van der Waals surface area contributed by atoms with E-state index in [4.69, 9.17) is 0 Å². The molecule has 0 saturated heterocycles. The Balaban J connectivity index is 1.51. The summed E-state index contributed by atoms with van der Waals surface area (Å²) in [6, 6.07) is 5.68. The Morgan fingerprint density at radius 1 is 1.26 bits per heavy atom. The van der Waals surface area contributed by atoms with E-state index in [2.05, 4.69) is 21.3 Å². The van der Waals surface area contributed by atoms with Crippen LogP contribution < -0.4 is 4.90 Å². The van der Waals surface area contributed by atoms with E-state index in [-0.39, 0.29) is 16.9 Å². The van der Waals surface area contributed by atoms with Crippen LogP contribution in [-0.2, 0) is 17.8 Å². The molecule has 1 saturated carbocycles. The number of aromatic nitrogens is 3. The maximum Gasteiger partial charge on any atom is 0.223 e. The lowest BCUT2D eigenvalue weighted by atomic mass is 9.89. The largest absolute Gasteiger partial charge is 0.312 e. The Hall–Kier alpha value is -2.41. The Morgan fingerprint density at radius 2 is 2.03 bits per heavy atom. The topological polar surface area (TPSA) is 68.1 Å². The van der Waals surface area contributed by atoms with E-state index in [9.17, 15) is 9.59 Å². The molecular formula is C24H30N4O2S. The maximum absolute atomic E-state index is 13.2. The number of allylic oxidation sites excluding steroid dienone is 1. The maximum atomic E-state index is 13.2. The monoisotopic (exact) mass is 438 g/mol. The van der Waals surface area contributed by atoms with Crippen molar-refractivity contribution < 1.29 is 9.59 Å². The Kier molecular flexibility index (Phi) is 6.60. The van der Waals surface area contributed by atoms with Gasteiger partial charge in [-0.2, -0.15) is 0 Å². The third-order valence-electron chi connectivity index (χ3n) is 6.32. The molecule has 1 aromatic heterocycles. The van der Waals surface area contributed by atoms with E-state index in [0.717, 1.165) is 41.5 Å². The number of fused-ring (bicyclic) bond motifs is 1. The molecule has 1 aromatic carbocycles. The van der Waals surface area contributed by atoms with Gasteiger partial charge in [-0.05, 0) is 49.9 Å². The van der Waals surface area contributed by atoms with Crippen LogP contribution in [0.2, 0.25) is 0 Å². The molecule has 2 aromatic rings. The van der Waals surface area contributed by atoms with Crippen LogP contribution in [0.1, 0.15) is 73.6 Å². The van der Waals surface area contributed by atoms with Crippen molar-refractivity contribution in [3.63, 3.8) is 0 Å². The molecule has 2 heterocycles. The van der Waals surface area contributed by atoms with Crippen molar-refractivity contribution in [2.75, 3.05) is 11.4 Å². The quantitative estimate of drug-likeness (QED) is 0.353. The molecule has 0 bridgehead atoms. The highest BCUT2D eigenvalue weighted by molar-refractivity contribution is 8.00. The molecule has 1 fully saturated rings. The lowest BCUT2D eigenvalue weighted by molar-refractivity contribution is -0.116.